The van der Waals surface area contributed by atoms with E-state index >= 15 is 0 Å². The van der Waals surface area contributed by atoms with E-state index in [1.165, 1.54) is 4.90 Å². The van der Waals surface area contributed by atoms with Gasteiger partial charge in [-0.2, -0.15) is 0 Å². The average molecular weight is 311 g/mol. The van der Waals surface area contributed by atoms with Crippen molar-refractivity contribution in [3.8, 4) is 0 Å². The van der Waals surface area contributed by atoms with Crippen molar-refractivity contribution in [2.75, 3.05) is 13.1 Å². The van der Waals surface area contributed by atoms with Gasteiger partial charge in [0.05, 0.1) is 6.42 Å². The highest BCUT2D eigenvalue weighted by Gasteiger charge is 2.35. The lowest BCUT2D eigenvalue weighted by Crippen LogP contribution is -2.52. The number of hydrogen-bond donors (Lipinski definition) is 2. The topological polar surface area (TPSA) is 86.7 Å². The van der Waals surface area contributed by atoms with Crippen molar-refractivity contribution in [3.05, 3.63) is 34.9 Å². The Hall–Kier alpha value is -2.08. The number of hydrogen-bond acceptors (Lipinski definition) is 3. The number of aliphatic carboxylic acids is 1. The van der Waals surface area contributed by atoms with Gasteiger partial charge in [0.2, 0.25) is 11.8 Å². The summed E-state index contributed by atoms with van der Waals surface area (Å²) in [6, 6.07) is 6.01. The van der Waals surface area contributed by atoms with Crippen molar-refractivity contribution in [2.24, 2.45) is 0 Å². The minimum Gasteiger partial charge on any atom is -0.481 e. The molecule has 1 unspecified atom stereocenters. The smallest absolute Gasteiger partial charge is 0.303 e. The van der Waals surface area contributed by atoms with Gasteiger partial charge >= 0.3 is 5.97 Å². The monoisotopic (exact) mass is 310 g/mol. The van der Waals surface area contributed by atoms with Gasteiger partial charge in [-0.15, -0.1) is 0 Å². The molecule has 0 aromatic heterocycles. The van der Waals surface area contributed by atoms with Gasteiger partial charge in [0.1, 0.15) is 6.04 Å². The van der Waals surface area contributed by atoms with E-state index in [1.54, 1.807) is 24.3 Å². The molecule has 21 heavy (non-hydrogen) atoms. The molecule has 2 rings (SSSR count). The summed E-state index contributed by atoms with van der Waals surface area (Å²) in [5.41, 5.74) is 0.542. The Balaban J connectivity index is 2.25. The van der Waals surface area contributed by atoms with Gasteiger partial charge in [0.15, 0.2) is 0 Å². The largest absolute Gasteiger partial charge is 0.481 e. The summed E-state index contributed by atoms with van der Waals surface area (Å²) in [6.07, 6.45) is -0.393. The van der Waals surface area contributed by atoms with Crippen LogP contribution in [0.2, 0.25) is 5.02 Å². The molecule has 2 N–H and O–H groups in total. The minimum absolute atomic E-state index is 0.135. The van der Waals surface area contributed by atoms with Crippen LogP contribution in [0.1, 0.15) is 24.4 Å². The summed E-state index contributed by atoms with van der Waals surface area (Å²) in [4.78, 5) is 36.3. The third kappa shape index (κ3) is 3.52. The standard InChI is InChI=1S/C14H15ClN2O4/c15-10-4-2-1-3-9(10)13-14(21)16-7-8-17(13)11(18)5-6-12(19)20/h1-4,13H,5-8H2,(H,16,21)(H,19,20). The summed E-state index contributed by atoms with van der Waals surface area (Å²) in [5, 5.41) is 11.8. The van der Waals surface area contributed by atoms with Gasteiger partial charge in [-0.25, -0.2) is 0 Å². The number of carboxylic acid groups (broad SMARTS) is 1. The maximum absolute atomic E-state index is 12.2. The first-order valence-electron chi connectivity index (χ1n) is 6.54. The molecule has 0 aliphatic carbocycles. The number of nitrogens with zero attached hydrogens (tertiary/aromatic N) is 1. The van der Waals surface area contributed by atoms with E-state index in [1.807, 2.05) is 0 Å². The summed E-state index contributed by atoms with van der Waals surface area (Å²) in [5.74, 6) is -1.71. The molecular weight excluding hydrogens is 296 g/mol. The SMILES string of the molecule is O=C(O)CCC(=O)N1CCNC(=O)C1c1ccccc1Cl. The Morgan fingerprint density at radius 3 is 2.71 bits per heavy atom. The molecule has 1 aromatic carbocycles. The van der Waals surface area contributed by atoms with Gasteiger partial charge < -0.3 is 15.3 Å². The fraction of sp³-hybridized carbons (Fsp3) is 0.357. The molecule has 1 atom stereocenters. The number of halogens is 1. The first kappa shape index (κ1) is 15.3. The van der Waals surface area contributed by atoms with Crippen molar-refractivity contribution in [2.45, 2.75) is 18.9 Å². The van der Waals surface area contributed by atoms with E-state index in [0.29, 0.717) is 23.7 Å². The van der Waals surface area contributed by atoms with Gasteiger partial charge in [0, 0.05) is 30.1 Å². The average Bonchev–Trinajstić information content (AvgIpc) is 2.45. The summed E-state index contributed by atoms with van der Waals surface area (Å²) in [7, 11) is 0. The molecule has 0 bridgehead atoms. The Labute approximate surface area is 126 Å². The number of benzene rings is 1. The molecule has 0 saturated carbocycles. The van der Waals surface area contributed by atoms with Gasteiger partial charge in [-0.1, -0.05) is 29.8 Å². The quantitative estimate of drug-likeness (QED) is 0.875. The maximum atomic E-state index is 12.2. The van der Waals surface area contributed by atoms with Gasteiger partial charge in [-0.05, 0) is 6.07 Å². The highest BCUT2D eigenvalue weighted by molar-refractivity contribution is 6.31. The molecule has 0 radical (unpaired) electrons. The first-order chi connectivity index (χ1) is 10.0. The molecule has 1 heterocycles. The molecule has 1 aromatic rings. The molecule has 2 amide bonds. The summed E-state index contributed by atoms with van der Waals surface area (Å²) >= 11 is 6.11. The second kappa shape index (κ2) is 6.58. The van der Waals surface area contributed by atoms with Crippen molar-refractivity contribution < 1.29 is 19.5 Å². The van der Waals surface area contributed by atoms with Crippen LogP contribution in [0.25, 0.3) is 0 Å². The number of carbonyl (C=O) groups excluding carboxylic acids is 2. The van der Waals surface area contributed by atoms with Crippen LogP contribution in [0.15, 0.2) is 24.3 Å². The molecule has 1 saturated heterocycles. The van der Waals surface area contributed by atoms with Crippen LogP contribution in [0.5, 0.6) is 0 Å². The summed E-state index contributed by atoms with van der Waals surface area (Å²) in [6.45, 7) is 0.679. The zero-order valence-electron chi connectivity index (χ0n) is 11.2. The second-order valence-electron chi connectivity index (χ2n) is 4.70. The number of nitrogens with one attached hydrogen (secondary N) is 1. The Morgan fingerprint density at radius 2 is 2.05 bits per heavy atom. The van der Waals surface area contributed by atoms with Gasteiger partial charge in [0.25, 0.3) is 0 Å². The number of amides is 2. The number of piperazine rings is 1. The van der Waals surface area contributed by atoms with Gasteiger partial charge in [-0.3, -0.25) is 14.4 Å². The number of carboxylic acids is 1. The normalized spacial score (nSPS) is 18.2. The Morgan fingerprint density at radius 1 is 1.33 bits per heavy atom. The molecule has 1 aliphatic heterocycles. The van der Waals surface area contributed by atoms with E-state index < -0.39 is 12.0 Å². The van der Waals surface area contributed by atoms with Crippen LogP contribution < -0.4 is 5.32 Å². The van der Waals surface area contributed by atoms with Crippen molar-refractivity contribution in [3.63, 3.8) is 0 Å². The zero-order chi connectivity index (χ0) is 15.4. The van der Waals surface area contributed by atoms with E-state index in [4.69, 9.17) is 16.7 Å². The fourth-order valence-corrected chi connectivity index (χ4v) is 2.54. The van der Waals surface area contributed by atoms with Crippen LogP contribution in [0.4, 0.5) is 0 Å². The van der Waals surface area contributed by atoms with E-state index in [2.05, 4.69) is 5.32 Å². The Bertz CT molecular complexity index is 576. The third-order valence-electron chi connectivity index (χ3n) is 3.28. The third-order valence-corrected chi connectivity index (χ3v) is 3.63. The molecule has 112 valence electrons. The molecule has 0 spiro atoms. The lowest BCUT2D eigenvalue weighted by molar-refractivity contribution is -0.146. The number of rotatable bonds is 4. The van der Waals surface area contributed by atoms with E-state index in [9.17, 15) is 14.4 Å². The zero-order valence-corrected chi connectivity index (χ0v) is 12.0. The van der Waals surface area contributed by atoms with Crippen LogP contribution in [-0.4, -0.2) is 40.9 Å². The lowest BCUT2D eigenvalue weighted by atomic mass is 10.0. The van der Waals surface area contributed by atoms with E-state index in [0.717, 1.165) is 0 Å². The molecule has 1 aliphatic rings. The van der Waals surface area contributed by atoms with Crippen molar-refractivity contribution in [1.29, 1.82) is 0 Å². The molecular formula is C14H15ClN2O4. The first-order valence-corrected chi connectivity index (χ1v) is 6.92. The maximum Gasteiger partial charge on any atom is 0.303 e. The number of carbonyl (C=O) groups is 3. The predicted molar refractivity (Wildman–Crippen MR) is 75.8 cm³/mol. The van der Waals surface area contributed by atoms with Crippen LogP contribution in [-0.2, 0) is 14.4 Å². The van der Waals surface area contributed by atoms with E-state index in [-0.39, 0.29) is 24.7 Å². The van der Waals surface area contributed by atoms with Crippen molar-refractivity contribution >= 4 is 29.4 Å². The highest BCUT2D eigenvalue weighted by atomic mass is 35.5. The molecule has 7 heteroatoms. The minimum atomic E-state index is -1.04. The Kier molecular flexibility index (Phi) is 4.80. The van der Waals surface area contributed by atoms with Crippen LogP contribution in [0.3, 0.4) is 0 Å². The van der Waals surface area contributed by atoms with Crippen LogP contribution in [0, 0.1) is 0 Å². The van der Waals surface area contributed by atoms with Crippen molar-refractivity contribution in [1.82, 2.24) is 10.2 Å². The fourth-order valence-electron chi connectivity index (χ4n) is 2.30. The molecule has 6 nitrogen and oxygen atoms in total. The lowest BCUT2D eigenvalue weighted by Gasteiger charge is -2.35. The summed E-state index contributed by atoms with van der Waals surface area (Å²) < 4.78 is 0. The second-order valence-corrected chi connectivity index (χ2v) is 5.10. The predicted octanol–water partition coefficient (Wildman–Crippen LogP) is 1.20. The van der Waals surface area contributed by atoms with Crippen LogP contribution >= 0.6 is 11.6 Å². The highest BCUT2D eigenvalue weighted by Crippen LogP contribution is 2.29. The molecule has 1 fully saturated rings.